The Balaban J connectivity index is 2.34. The average Bonchev–Trinajstić information content (AvgIpc) is 2.80. The zero-order chi connectivity index (χ0) is 15.6. The van der Waals surface area contributed by atoms with Crippen LogP contribution in [0.2, 0.25) is 0 Å². The van der Waals surface area contributed by atoms with Crippen LogP contribution in [-0.4, -0.2) is 43.4 Å². The molecule has 0 radical (unpaired) electrons. The highest BCUT2D eigenvalue weighted by molar-refractivity contribution is 7.99. The SMILES string of the molecule is CC(C)c1nnc(SCC(=O)O)n1C1CCC(=O)NC1=O. The van der Waals surface area contributed by atoms with E-state index in [1.54, 1.807) is 4.57 Å². The lowest BCUT2D eigenvalue weighted by Crippen LogP contribution is -2.42. The predicted octanol–water partition coefficient (Wildman–Crippen LogP) is 0.556. The molecule has 0 aromatic carbocycles. The summed E-state index contributed by atoms with van der Waals surface area (Å²) in [7, 11) is 0. The molecule has 0 spiro atoms. The van der Waals surface area contributed by atoms with E-state index in [1.807, 2.05) is 13.8 Å². The van der Waals surface area contributed by atoms with Crippen LogP contribution >= 0.6 is 11.8 Å². The number of rotatable bonds is 5. The van der Waals surface area contributed by atoms with Crippen molar-refractivity contribution in [2.75, 3.05) is 5.75 Å². The monoisotopic (exact) mass is 312 g/mol. The Morgan fingerprint density at radius 3 is 2.76 bits per heavy atom. The molecule has 1 saturated heterocycles. The van der Waals surface area contributed by atoms with Crippen molar-refractivity contribution >= 4 is 29.5 Å². The molecule has 1 fully saturated rings. The number of aromatic nitrogens is 3. The number of hydrogen-bond acceptors (Lipinski definition) is 6. The van der Waals surface area contributed by atoms with Crippen molar-refractivity contribution in [1.29, 1.82) is 0 Å². The van der Waals surface area contributed by atoms with Gasteiger partial charge in [-0.3, -0.25) is 24.3 Å². The Kier molecular flexibility index (Phi) is 4.61. The first-order valence-electron chi connectivity index (χ1n) is 6.53. The summed E-state index contributed by atoms with van der Waals surface area (Å²) in [6.45, 7) is 3.83. The molecule has 2 amide bonds. The van der Waals surface area contributed by atoms with Crippen LogP contribution < -0.4 is 5.32 Å². The summed E-state index contributed by atoms with van der Waals surface area (Å²) in [6.07, 6.45) is 0.609. The molecular formula is C12H16N4O4S. The molecule has 0 saturated carbocycles. The minimum Gasteiger partial charge on any atom is -0.481 e. The number of carbonyl (C=O) groups is 3. The topological polar surface area (TPSA) is 114 Å². The molecule has 21 heavy (non-hydrogen) atoms. The van der Waals surface area contributed by atoms with Gasteiger partial charge in [-0.1, -0.05) is 25.6 Å². The fraction of sp³-hybridized carbons (Fsp3) is 0.583. The molecule has 1 aliphatic heterocycles. The summed E-state index contributed by atoms with van der Waals surface area (Å²) in [4.78, 5) is 34.0. The van der Waals surface area contributed by atoms with Crippen molar-refractivity contribution < 1.29 is 19.5 Å². The van der Waals surface area contributed by atoms with Gasteiger partial charge in [0.1, 0.15) is 11.9 Å². The summed E-state index contributed by atoms with van der Waals surface area (Å²) in [6, 6.07) is -0.577. The second-order valence-corrected chi connectivity index (χ2v) is 5.96. The Hall–Kier alpha value is -1.90. The number of amides is 2. The minimum atomic E-state index is -0.969. The van der Waals surface area contributed by atoms with Gasteiger partial charge in [-0.15, -0.1) is 10.2 Å². The number of nitrogens with one attached hydrogen (secondary N) is 1. The van der Waals surface area contributed by atoms with Gasteiger partial charge in [0.25, 0.3) is 0 Å². The third kappa shape index (κ3) is 3.41. The summed E-state index contributed by atoms with van der Waals surface area (Å²) in [5.74, 6) is -1.19. The van der Waals surface area contributed by atoms with E-state index in [2.05, 4.69) is 15.5 Å². The average molecular weight is 312 g/mol. The third-order valence-electron chi connectivity index (χ3n) is 3.05. The van der Waals surface area contributed by atoms with E-state index in [4.69, 9.17) is 5.11 Å². The first-order valence-corrected chi connectivity index (χ1v) is 7.51. The number of piperidine rings is 1. The number of carboxylic acid groups (broad SMARTS) is 1. The van der Waals surface area contributed by atoms with Gasteiger partial charge in [0, 0.05) is 12.3 Å². The molecule has 2 heterocycles. The van der Waals surface area contributed by atoms with Crippen molar-refractivity contribution in [2.24, 2.45) is 0 Å². The van der Waals surface area contributed by atoms with Crippen molar-refractivity contribution in [1.82, 2.24) is 20.1 Å². The second-order valence-electron chi connectivity index (χ2n) is 5.01. The van der Waals surface area contributed by atoms with Crippen LogP contribution in [0.4, 0.5) is 0 Å². The summed E-state index contributed by atoms with van der Waals surface area (Å²) < 4.78 is 1.65. The Labute approximate surface area is 125 Å². The van der Waals surface area contributed by atoms with Gasteiger partial charge in [0.15, 0.2) is 5.16 Å². The second kappa shape index (κ2) is 6.25. The smallest absolute Gasteiger partial charge is 0.313 e. The summed E-state index contributed by atoms with van der Waals surface area (Å²) >= 11 is 1.01. The van der Waals surface area contributed by atoms with E-state index in [9.17, 15) is 14.4 Å². The van der Waals surface area contributed by atoms with Crippen LogP contribution in [0.25, 0.3) is 0 Å². The van der Waals surface area contributed by atoms with Crippen LogP contribution in [-0.2, 0) is 14.4 Å². The number of aliphatic carboxylic acids is 1. The maximum Gasteiger partial charge on any atom is 0.313 e. The fourth-order valence-corrected chi connectivity index (χ4v) is 2.84. The molecule has 8 nitrogen and oxygen atoms in total. The quantitative estimate of drug-likeness (QED) is 0.603. The minimum absolute atomic E-state index is 0.0297. The lowest BCUT2D eigenvalue weighted by atomic mass is 10.1. The standard InChI is InChI=1S/C12H16N4O4S/c1-6(2)10-14-15-12(21-5-9(18)19)16(10)7-3-4-8(17)13-11(7)20/h6-7H,3-5H2,1-2H3,(H,18,19)(H,13,17,20). The lowest BCUT2D eigenvalue weighted by molar-refractivity contribution is -0.136. The normalized spacial score (nSPS) is 18.9. The number of carbonyl (C=O) groups excluding carboxylic acids is 2. The molecule has 2 rings (SSSR count). The van der Waals surface area contributed by atoms with Gasteiger partial charge >= 0.3 is 5.97 Å². The van der Waals surface area contributed by atoms with E-state index < -0.39 is 17.9 Å². The summed E-state index contributed by atoms with van der Waals surface area (Å²) in [5, 5.41) is 19.5. The Morgan fingerprint density at radius 2 is 2.19 bits per heavy atom. The van der Waals surface area contributed by atoms with Crippen LogP contribution in [0.15, 0.2) is 5.16 Å². The molecular weight excluding hydrogens is 296 g/mol. The highest BCUT2D eigenvalue weighted by Crippen LogP contribution is 2.29. The molecule has 114 valence electrons. The van der Waals surface area contributed by atoms with Crippen LogP contribution in [0.1, 0.15) is 44.5 Å². The van der Waals surface area contributed by atoms with Crippen molar-refractivity contribution in [2.45, 2.75) is 43.8 Å². The highest BCUT2D eigenvalue weighted by atomic mass is 32.2. The number of carboxylic acids is 1. The van der Waals surface area contributed by atoms with E-state index in [0.29, 0.717) is 17.4 Å². The molecule has 1 atom stereocenters. The van der Waals surface area contributed by atoms with Gasteiger partial charge in [0.2, 0.25) is 11.8 Å². The Morgan fingerprint density at radius 1 is 1.48 bits per heavy atom. The molecule has 1 aromatic heterocycles. The van der Waals surface area contributed by atoms with E-state index >= 15 is 0 Å². The van der Waals surface area contributed by atoms with Crippen LogP contribution in [0.5, 0.6) is 0 Å². The third-order valence-corrected chi connectivity index (χ3v) is 3.98. The van der Waals surface area contributed by atoms with Gasteiger partial charge in [0.05, 0.1) is 5.75 Å². The molecule has 1 unspecified atom stereocenters. The Bertz CT molecular complexity index is 584. The maximum atomic E-state index is 12.0. The number of hydrogen-bond donors (Lipinski definition) is 2. The summed E-state index contributed by atoms with van der Waals surface area (Å²) in [5.41, 5.74) is 0. The van der Waals surface area contributed by atoms with Crippen LogP contribution in [0, 0.1) is 0 Å². The molecule has 1 aromatic rings. The number of thioether (sulfide) groups is 1. The highest BCUT2D eigenvalue weighted by Gasteiger charge is 2.32. The van der Waals surface area contributed by atoms with Crippen molar-refractivity contribution in [3.8, 4) is 0 Å². The first-order chi connectivity index (χ1) is 9.90. The van der Waals surface area contributed by atoms with Crippen LogP contribution in [0.3, 0.4) is 0 Å². The molecule has 0 bridgehead atoms. The zero-order valence-corrected chi connectivity index (χ0v) is 12.5. The fourth-order valence-electron chi connectivity index (χ4n) is 2.13. The zero-order valence-electron chi connectivity index (χ0n) is 11.7. The number of imide groups is 1. The van der Waals surface area contributed by atoms with E-state index in [1.165, 1.54) is 0 Å². The molecule has 1 aliphatic rings. The molecule has 9 heteroatoms. The largest absolute Gasteiger partial charge is 0.481 e. The lowest BCUT2D eigenvalue weighted by Gasteiger charge is -2.25. The first kappa shape index (κ1) is 15.5. The maximum absolute atomic E-state index is 12.0. The van der Waals surface area contributed by atoms with E-state index in [-0.39, 0.29) is 24.0 Å². The van der Waals surface area contributed by atoms with Crippen molar-refractivity contribution in [3.63, 3.8) is 0 Å². The predicted molar refractivity (Wildman–Crippen MR) is 73.9 cm³/mol. The van der Waals surface area contributed by atoms with Gasteiger partial charge in [-0.2, -0.15) is 0 Å². The van der Waals surface area contributed by atoms with Gasteiger partial charge in [-0.05, 0) is 6.42 Å². The van der Waals surface area contributed by atoms with Crippen molar-refractivity contribution in [3.05, 3.63) is 5.82 Å². The molecule has 2 N–H and O–H groups in total. The number of nitrogens with zero attached hydrogens (tertiary/aromatic N) is 3. The van der Waals surface area contributed by atoms with Gasteiger partial charge in [-0.25, -0.2) is 0 Å². The molecule has 0 aliphatic carbocycles. The van der Waals surface area contributed by atoms with Gasteiger partial charge < -0.3 is 5.11 Å². The van der Waals surface area contributed by atoms with E-state index in [0.717, 1.165) is 11.8 Å².